The van der Waals surface area contributed by atoms with E-state index in [-0.39, 0.29) is 23.7 Å². The summed E-state index contributed by atoms with van der Waals surface area (Å²) in [5.41, 5.74) is 6.87. The number of halogens is 3. The van der Waals surface area contributed by atoms with Crippen LogP contribution in [-0.2, 0) is 0 Å². The van der Waals surface area contributed by atoms with Gasteiger partial charge in [-0.25, -0.2) is 4.39 Å². The summed E-state index contributed by atoms with van der Waals surface area (Å²) < 4.78 is 32.9. The molecule has 2 aliphatic heterocycles. The second-order valence-corrected chi connectivity index (χ2v) is 6.45. The summed E-state index contributed by atoms with van der Waals surface area (Å²) in [4.78, 5) is 19.1. The van der Waals surface area contributed by atoms with Gasteiger partial charge in [-0.15, -0.1) is 0 Å². The molecular weight excluding hydrogens is 421 g/mol. The smallest absolute Gasteiger partial charge is 0.256 e. The molecule has 2 atom stereocenters. The highest BCUT2D eigenvalue weighted by Crippen LogP contribution is 2.24. The van der Waals surface area contributed by atoms with Gasteiger partial charge in [0, 0.05) is 37.4 Å². The van der Waals surface area contributed by atoms with E-state index in [1.165, 1.54) is 12.3 Å². The van der Waals surface area contributed by atoms with Crippen LogP contribution in [0.15, 0.2) is 53.4 Å². The SMILES string of the molecule is CF.CF.N=CC=N.Nc1ccccc1C(=O)N1CC2/C=C(F)\C=C/NC=NC(CC2)C1. The fraction of sp³-hybridized carbons (Fsp3) is 0.364. The van der Waals surface area contributed by atoms with Gasteiger partial charge in [0.25, 0.3) is 5.91 Å². The first kappa shape index (κ1) is 28.6. The number of hydrogen-bond donors (Lipinski definition) is 4. The lowest BCUT2D eigenvalue weighted by molar-refractivity contribution is 0.0744. The summed E-state index contributed by atoms with van der Waals surface area (Å²) in [7, 11) is 1.00. The summed E-state index contributed by atoms with van der Waals surface area (Å²) in [6.45, 7) is 0.967. The molecule has 0 aliphatic carbocycles. The Balaban J connectivity index is 0.00000106. The van der Waals surface area contributed by atoms with Crippen LogP contribution in [-0.4, -0.2) is 63.1 Å². The van der Waals surface area contributed by atoms with Crippen LogP contribution in [0.1, 0.15) is 23.2 Å². The van der Waals surface area contributed by atoms with Gasteiger partial charge < -0.3 is 26.8 Å². The molecule has 10 heteroatoms. The number of hydrogen-bond acceptors (Lipinski definition) is 6. The van der Waals surface area contributed by atoms with Crippen molar-refractivity contribution in [3.05, 3.63) is 54.0 Å². The second-order valence-electron chi connectivity index (χ2n) is 6.45. The molecule has 5 N–H and O–H groups in total. The molecule has 1 saturated heterocycles. The van der Waals surface area contributed by atoms with Crippen molar-refractivity contribution in [1.29, 1.82) is 10.8 Å². The van der Waals surface area contributed by atoms with Crippen LogP contribution in [0, 0.1) is 16.7 Å². The normalized spacial score (nSPS) is 21.5. The van der Waals surface area contributed by atoms with Crippen LogP contribution >= 0.6 is 0 Å². The quantitative estimate of drug-likeness (QED) is 0.402. The molecule has 1 amide bonds. The summed E-state index contributed by atoms with van der Waals surface area (Å²) in [5.74, 6) is -0.482. The Bertz CT molecular complexity index is 792. The number of nitrogens with one attached hydrogen (secondary N) is 3. The third kappa shape index (κ3) is 10.1. The zero-order valence-corrected chi connectivity index (χ0v) is 18.3. The minimum absolute atomic E-state index is 0.0145. The number of rotatable bonds is 2. The maximum Gasteiger partial charge on any atom is 0.256 e. The first-order valence-electron chi connectivity index (χ1n) is 9.75. The lowest BCUT2D eigenvalue weighted by Crippen LogP contribution is -2.38. The number of anilines is 1. The van der Waals surface area contributed by atoms with Crippen LogP contribution in [0.25, 0.3) is 0 Å². The lowest BCUT2D eigenvalue weighted by atomic mass is 10.0. The molecule has 7 nitrogen and oxygen atoms in total. The number of carbonyl (C=O) groups excluding carboxylic acids is 1. The third-order valence-electron chi connectivity index (χ3n) is 4.41. The Morgan fingerprint density at radius 3 is 2.44 bits per heavy atom. The largest absolute Gasteiger partial charge is 0.398 e. The van der Waals surface area contributed by atoms with Crippen molar-refractivity contribution >= 4 is 30.4 Å². The fourth-order valence-corrected chi connectivity index (χ4v) is 3.09. The molecule has 0 aromatic heterocycles. The van der Waals surface area contributed by atoms with E-state index in [2.05, 4.69) is 10.3 Å². The minimum atomic E-state index is -0.312. The molecule has 0 spiro atoms. The average Bonchev–Trinajstić information content (AvgIpc) is 3.04. The van der Waals surface area contributed by atoms with Gasteiger partial charge in [0.05, 0.1) is 32.3 Å². The first-order chi connectivity index (χ1) is 15.5. The molecule has 0 saturated carbocycles. The van der Waals surface area contributed by atoms with Crippen molar-refractivity contribution in [3.8, 4) is 0 Å². The molecule has 1 aromatic carbocycles. The van der Waals surface area contributed by atoms with Gasteiger partial charge in [-0.2, -0.15) is 0 Å². The van der Waals surface area contributed by atoms with Gasteiger partial charge in [-0.1, -0.05) is 12.1 Å². The monoisotopic (exact) mass is 452 g/mol. The number of benzene rings is 1. The molecule has 32 heavy (non-hydrogen) atoms. The van der Waals surface area contributed by atoms with Crippen LogP contribution < -0.4 is 11.1 Å². The van der Waals surface area contributed by atoms with Gasteiger partial charge in [-0.3, -0.25) is 18.6 Å². The molecule has 2 unspecified atom stereocenters. The molecule has 2 bridgehead atoms. The molecule has 3 rings (SSSR count). The van der Waals surface area contributed by atoms with Crippen LogP contribution in [0.3, 0.4) is 0 Å². The number of aliphatic imine (C=N–C) groups is 1. The zero-order valence-electron chi connectivity index (χ0n) is 18.3. The van der Waals surface area contributed by atoms with Crippen molar-refractivity contribution in [2.75, 3.05) is 33.2 Å². The highest BCUT2D eigenvalue weighted by molar-refractivity contribution is 6.12. The Morgan fingerprint density at radius 1 is 1.16 bits per heavy atom. The number of para-hydroxylation sites is 1. The van der Waals surface area contributed by atoms with E-state index in [0.717, 1.165) is 25.3 Å². The number of carbonyl (C=O) groups is 1. The standard InChI is InChI=1S/C18H21FN4O.C2H4N2.2CH3F/c19-14-7-8-21-12-22-15-6-5-13(9-14)10-23(11-15)18(24)16-3-1-2-4-17(16)20;3-1-2-4;2*1-2/h1-4,7-9,12-13,15H,5-6,10-11,20H2,(H,21,22);1-4H;2*1H3/b8-7-,14-9+;;;. The van der Waals surface area contributed by atoms with Crippen LogP contribution in [0.5, 0.6) is 0 Å². The van der Waals surface area contributed by atoms with E-state index >= 15 is 0 Å². The molecule has 2 aliphatic rings. The Labute approximate surface area is 186 Å². The highest BCUT2D eigenvalue weighted by Gasteiger charge is 2.27. The first-order valence-corrected chi connectivity index (χ1v) is 9.75. The molecule has 176 valence electrons. The average molecular weight is 453 g/mol. The van der Waals surface area contributed by atoms with Crippen LogP contribution in [0.4, 0.5) is 18.9 Å². The van der Waals surface area contributed by atoms with Gasteiger partial charge >= 0.3 is 0 Å². The summed E-state index contributed by atoms with van der Waals surface area (Å²) >= 11 is 0. The number of likely N-dealkylation sites (tertiary alicyclic amines) is 1. The van der Waals surface area contributed by atoms with Gasteiger partial charge in [0.2, 0.25) is 0 Å². The summed E-state index contributed by atoms with van der Waals surface area (Å²) in [6, 6.07) is 7.01. The maximum atomic E-state index is 13.9. The predicted molar refractivity (Wildman–Crippen MR) is 125 cm³/mol. The van der Waals surface area contributed by atoms with Crippen molar-refractivity contribution in [3.63, 3.8) is 0 Å². The minimum Gasteiger partial charge on any atom is -0.398 e. The number of allylic oxidation sites excluding steroid dienone is 2. The van der Waals surface area contributed by atoms with Crippen molar-refractivity contribution in [2.45, 2.75) is 18.9 Å². The summed E-state index contributed by atoms with van der Waals surface area (Å²) in [5, 5.41) is 15.0. The number of nitrogens with two attached hydrogens (primary N) is 1. The number of alkyl halides is 2. The molecule has 1 aromatic rings. The van der Waals surface area contributed by atoms with Gasteiger partial charge in [-0.05, 0) is 43.0 Å². The van der Waals surface area contributed by atoms with Crippen LogP contribution in [0.2, 0.25) is 0 Å². The van der Waals surface area contributed by atoms with E-state index in [9.17, 15) is 18.0 Å². The summed E-state index contributed by atoms with van der Waals surface area (Å²) in [6.07, 6.45) is 9.45. The maximum absolute atomic E-state index is 13.9. The third-order valence-corrected chi connectivity index (χ3v) is 4.41. The number of fused-ring (bicyclic) bond motifs is 3. The van der Waals surface area contributed by atoms with E-state index in [1.807, 2.05) is 0 Å². The fourth-order valence-electron chi connectivity index (χ4n) is 3.09. The number of nitrogens with zero attached hydrogens (tertiary/aromatic N) is 2. The Morgan fingerprint density at radius 2 is 1.81 bits per heavy atom. The molecule has 2 heterocycles. The topological polar surface area (TPSA) is 118 Å². The van der Waals surface area contributed by atoms with E-state index in [0.29, 0.717) is 38.7 Å². The van der Waals surface area contributed by atoms with E-state index in [1.54, 1.807) is 41.6 Å². The number of nitrogen functional groups attached to an aromatic ring is 1. The Kier molecular flexibility index (Phi) is 15.4. The van der Waals surface area contributed by atoms with Gasteiger partial charge in [0.1, 0.15) is 5.83 Å². The van der Waals surface area contributed by atoms with Gasteiger partial charge in [0.15, 0.2) is 0 Å². The van der Waals surface area contributed by atoms with E-state index in [4.69, 9.17) is 16.6 Å². The number of amides is 1. The second kappa shape index (κ2) is 17.3. The van der Waals surface area contributed by atoms with E-state index < -0.39 is 0 Å². The zero-order chi connectivity index (χ0) is 24.4. The molecule has 0 radical (unpaired) electrons. The predicted octanol–water partition coefficient (Wildman–Crippen LogP) is 3.95. The van der Waals surface area contributed by atoms with Crippen molar-refractivity contribution in [2.24, 2.45) is 10.9 Å². The lowest BCUT2D eigenvalue weighted by Gasteiger charge is -2.25. The molecular formula is C22H31F3N6O. The van der Waals surface area contributed by atoms with Crippen molar-refractivity contribution < 1.29 is 18.0 Å². The molecule has 1 fully saturated rings. The highest BCUT2D eigenvalue weighted by atomic mass is 19.1. The van der Waals surface area contributed by atoms with Crippen molar-refractivity contribution in [1.82, 2.24) is 10.2 Å². The Hall–Kier alpha value is -3.43.